The maximum absolute atomic E-state index is 10.9. The number of alkyl halides is 1. The fourth-order valence-corrected chi connectivity index (χ4v) is 0.0546. The van der Waals surface area contributed by atoms with Gasteiger partial charge in [-0.2, -0.15) is 0 Å². The lowest BCUT2D eigenvalue weighted by Crippen LogP contribution is -2.00. The van der Waals surface area contributed by atoms with E-state index in [2.05, 4.69) is 4.74 Å². The molecule has 7 heavy (non-hydrogen) atoms. The van der Waals surface area contributed by atoms with Gasteiger partial charge in [0, 0.05) is 0 Å². The largest absolute Gasteiger partial charge is 0.467 e. The standard InChI is InChI=1S/C3H5FO2.BrH/c1-6-3(5)2-4;/h2H2,1H3;1H. The van der Waals surface area contributed by atoms with Gasteiger partial charge in [0.05, 0.1) is 7.11 Å². The quantitative estimate of drug-likeness (QED) is 0.545. The number of rotatable bonds is 1. The lowest BCUT2D eigenvalue weighted by molar-refractivity contribution is -0.141. The fraction of sp³-hybridized carbons (Fsp3) is 0.667. The van der Waals surface area contributed by atoms with Gasteiger partial charge in [-0.25, -0.2) is 9.18 Å². The van der Waals surface area contributed by atoms with Crippen LogP contribution >= 0.6 is 17.0 Å². The second kappa shape index (κ2) is 5.88. The first kappa shape index (κ1) is 9.99. The van der Waals surface area contributed by atoms with Crippen molar-refractivity contribution in [3.8, 4) is 0 Å². The molecule has 0 radical (unpaired) electrons. The highest BCUT2D eigenvalue weighted by Gasteiger charge is 1.91. The van der Waals surface area contributed by atoms with E-state index in [4.69, 9.17) is 0 Å². The van der Waals surface area contributed by atoms with Crippen molar-refractivity contribution in [1.82, 2.24) is 0 Å². The van der Waals surface area contributed by atoms with Gasteiger partial charge in [0.25, 0.3) is 0 Å². The first-order valence-corrected chi connectivity index (χ1v) is 1.44. The third-order valence-electron chi connectivity index (χ3n) is 0.337. The van der Waals surface area contributed by atoms with Crippen molar-refractivity contribution in [3.05, 3.63) is 0 Å². The summed E-state index contributed by atoms with van der Waals surface area (Å²) in [6.45, 7) is -1.03. The minimum Gasteiger partial charge on any atom is -0.467 e. The number of ether oxygens (including phenoxy) is 1. The van der Waals surface area contributed by atoms with E-state index in [1.165, 1.54) is 0 Å². The Kier molecular flexibility index (Phi) is 8.39. The molecule has 0 bridgehead atoms. The van der Waals surface area contributed by atoms with Crippen molar-refractivity contribution < 1.29 is 13.9 Å². The number of hydrogen-bond donors (Lipinski definition) is 0. The third kappa shape index (κ3) is 5.88. The molecule has 0 saturated carbocycles. The van der Waals surface area contributed by atoms with Crippen LogP contribution in [-0.4, -0.2) is 19.8 Å². The van der Waals surface area contributed by atoms with Crippen molar-refractivity contribution in [3.63, 3.8) is 0 Å². The summed E-state index contributed by atoms with van der Waals surface area (Å²) in [7, 11) is 1.14. The van der Waals surface area contributed by atoms with E-state index in [-0.39, 0.29) is 17.0 Å². The average Bonchev–Trinajstić information content (AvgIpc) is 1.65. The number of hydrogen-bond acceptors (Lipinski definition) is 2. The maximum Gasteiger partial charge on any atom is 0.337 e. The molecule has 0 unspecified atom stereocenters. The highest BCUT2D eigenvalue weighted by atomic mass is 79.9. The number of carbonyl (C=O) groups excluding carboxylic acids is 1. The molecule has 44 valence electrons. The molecule has 0 rings (SSSR count). The predicted octanol–water partition coefficient (Wildman–Crippen LogP) is 0.707. The van der Waals surface area contributed by atoms with Gasteiger partial charge in [-0.05, 0) is 0 Å². The number of carbonyl (C=O) groups is 1. The van der Waals surface area contributed by atoms with Crippen LogP contribution in [0.1, 0.15) is 0 Å². The molecule has 0 aromatic rings. The molecule has 0 atom stereocenters. The van der Waals surface area contributed by atoms with E-state index in [1.54, 1.807) is 0 Å². The maximum atomic E-state index is 10.9. The molecule has 0 saturated heterocycles. The zero-order chi connectivity index (χ0) is 4.99. The third-order valence-corrected chi connectivity index (χ3v) is 0.337. The Hall–Kier alpha value is -0.120. The minimum absolute atomic E-state index is 0. The zero-order valence-corrected chi connectivity index (χ0v) is 5.52. The van der Waals surface area contributed by atoms with Crippen LogP contribution in [0.15, 0.2) is 0 Å². The molecule has 4 heteroatoms. The number of esters is 1. The van der Waals surface area contributed by atoms with Gasteiger partial charge in [0.2, 0.25) is 0 Å². The van der Waals surface area contributed by atoms with Gasteiger partial charge < -0.3 is 4.74 Å². The van der Waals surface area contributed by atoms with Crippen LogP contribution in [0.3, 0.4) is 0 Å². The Labute approximate surface area is 51.4 Å². The Morgan fingerprint density at radius 1 is 1.86 bits per heavy atom. The molecule has 0 fully saturated rings. The smallest absolute Gasteiger partial charge is 0.337 e. The van der Waals surface area contributed by atoms with E-state index in [9.17, 15) is 9.18 Å². The van der Waals surface area contributed by atoms with Crippen LogP contribution < -0.4 is 0 Å². The normalized spacial score (nSPS) is 6.57. The lowest BCUT2D eigenvalue weighted by Gasteiger charge is -1.85. The summed E-state index contributed by atoms with van der Waals surface area (Å²) in [4.78, 5) is 9.58. The Bertz CT molecular complexity index is 50.9. The molecule has 0 aliphatic rings. The zero-order valence-electron chi connectivity index (χ0n) is 3.81. The van der Waals surface area contributed by atoms with Gasteiger partial charge >= 0.3 is 5.97 Å². The summed E-state index contributed by atoms with van der Waals surface area (Å²) in [5.74, 6) is -0.824. The van der Waals surface area contributed by atoms with Gasteiger partial charge in [-0.15, -0.1) is 17.0 Å². The van der Waals surface area contributed by atoms with E-state index in [1.807, 2.05) is 0 Å². The molecular formula is C3H6BrFO2. The van der Waals surface area contributed by atoms with E-state index < -0.39 is 12.6 Å². The molecule has 0 N–H and O–H groups in total. The number of methoxy groups -OCH3 is 1. The summed E-state index contributed by atoms with van der Waals surface area (Å²) < 4.78 is 14.8. The van der Waals surface area contributed by atoms with E-state index >= 15 is 0 Å². The van der Waals surface area contributed by atoms with Crippen LogP contribution in [0.25, 0.3) is 0 Å². The Balaban J connectivity index is 0. The van der Waals surface area contributed by atoms with Crippen molar-refractivity contribution in [2.75, 3.05) is 13.8 Å². The average molecular weight is 173 g/mol. The number of halogens is 2. The minimum atomic E-state index is -1.03. The Morgan fingerprint density at radius 3 is 2.29 bits per heavy atom. The van der Waals surface area contributed by atoms with Gasteiger partial charge in [-0.3, -0.25) is 0 Å². The van der Waals surface area contributed by atoms with E-state index in [0.29, 0.717) is 0 Å². The molecule has 0 heterocycles. The fourth-order valence-electron chi connectivity index (χ4n) is 0.0546. The lowest BCUT2D eigenvalue weighted by atomic mass is 10.8. The van der Waals surface area contributed by atoms with Crippen LogP contribution in [0.4, 0.5) is 4.39 Å². The van der Waals surface area contributed by atoms with Crippen LogP contribution in [-0.2, 0) is 9.53 Å². The summed E-state index contributed by atoms with van der Waals surface area (Å²) in [5, 5.41) is 0. The molecule has 0 spiro atoms. The summed E-state index contributed by atoms with van der Waals surface area (Å²) in [5.41, 5.74) is 0. The van der Waals surface area contributed by atoms with Crippen molar-refractivity contribution in [1.29, 1.82) is 0 Å². The van der Waals surface area contributed by atoms with Gasteiger partial charge in [-0.1, -0.05) is 0 Å². The highest BCUT2D eigenvalue weighted by molar-refractivity contribution is 8.93. The van der Waals surface area contributed by atoms with Crippen molar-refractivity contribution in [2.24, 2.45) is 0 Å². The van der Waals surface area contributed by atoms with Gasteiger partial charge in [0.15, 0.2) is 6.67 Å². The molecule has 0 amide bonds. The molecule has 2 nitrogen and oxygen atoms in total. The molecular weight excluding hydrogens is 167 g/mol. The Morgan fingerprint density at radius 2 is 2.29 bits per heavy atom. The summed E-state index contributed by atoms with van der Waals surface area (Å²) >= 11 is 0. The topological polar surface area (TPSA) is 26.3 Å². The second-order valence-corrected chi connectivity index (χ2v) is 0.710. The molecule has 0 aliphatic heterocycles. The van der Waals surface area contributed by atoms with Crippen LogP contribution in [0.2, 0.25) is 0 Å². The molecule has 0 aromatic carbocycles. The van der Waals surface area contributed by atoms with Crippen LogP contribution in [0.5, 0.6) is 0 Å². The monoisotopic (exact) mass is 172 g/mol. The highest BCUT2D eigenvalue weighted by Crippen LogP contribution is 1.70. The predicted molar refractivity (Wildman–Crippen MR) is 28.3 cm³/mol. The first-order valence-electron chi connectivity index (χ1n) is 1.44. The summed E-state index contributed by atoms with van der Waals surface area (Å²) in [6, 6.07) is 0. The second-order valence-electron chi connectivity index (χ2n) is 0.710. The molecule has 0 aliphatic carbocycles. The summed E-state index contributed by atoms with van der Waals surface area (Å²) in [6.07, 6.45) is 0. The van der Waals surface area contributed by atoms with Gasteiger partial charge in [0.1, 0.15) is 0 Å². The SMILES string of the molecule is Br.COC(=O)CF. The van der Waals surface area contributed by atoms with Crippen molar-refractivity contribution in [2.45, 2.75) is 0 Å². The van der Waals surface area contributed by atoms with Crippen LogP contribution in [0, 0.1) is 0 Å². The molecule has 0 aromatic heterocycles. The van der Waals surface area contributed by atoms with E-state index in [0.717, 1.165) is 7.11 Å². The van der Waals surface area contributed by atoms with Crippen molar-refractivity contribution >= 4 is 23.0 Å². The first-order chi connectivity index (χ1) is 2.81.